The van der Waals surface area contributed by atoms with Crippen LogP contribution in [0.4, 0.5) is 11.8 Å². The van der Waals surface area contributed by atoms with Gasteiger partial charge in [0, 0.05) is 6.07 Å². The van der Waals surface area contributed by atoms with Gasteiger partial charge in [-0.05, 0) is 12.1 Å². The van der Waals surface area contributed by atoms with Crippen molar-refractivity contribution in [1.29, 1.82) is 0 Å². The third kappa shape index (κ3) is 3.89. The summed E-state index contributed by atoms with van der Waals surface area (Å²) < 4.78 is 10.8. The smallest absolute Gasteiger partial charge is 0.223 e. The standard InChI is InChI=1S/C13H15ClN4O2/c1-19-9-4-2-3-5-10(9)20-7-6-16-12-8-11(14)17-13(15)18-12/h2-5,8H,6-7H2,1H3,(H3,15,16,17,18). The molecule has 6 nitrogen and oxygen atoms in total. The van der Waals surface area contributed by atoms with Crippen LogP contribution in [0.1, 0.15) is 0 Å². The Labute approximate surface area is 121 Å². The maximum Gasteiger partial charge on any atom is 0.223 e. The summed E-state index contributed by atoms with van der Waals surface area (Å²) >= 11 is 5.78. The Balaban J connectivity index is 1.84. The van der Waals surface area contributed by atoms with E-state index < -0.39 is 0 Å². The predicted octanol–water partition coefficient (Wildman–Crippen LogP) is 2.21. The highest BCUT2D eigenvalue weighted by Gasteiger charge is 2.03. The fourth-order valence-corrected chi connectivity index (χ4v) is 1.79. The zero-order valence-corrected chi connectivity index (χ0v) is 11.7. The van der Waals surface area contributed by atoms with Crippen LogP contribution in [-0.4, -0.2) is 30.2 Å². The number of halogens is 1. The number of para-hydroxylation sites is 2. The topological polar surface area (TPSA) is 82.3 Å². The Kier molecular flexibility index (Phi) is 4.84. The van der Waals surface area contributed by atoms with Crippen molar-refractivity contribution in [3.05, 3.63) is 35.5 Å². The van der Waals surface area contributed by atoms with E-state index in [2.05, 4.69) is 15.3 Å². The van der Waals surface area contributed by atoms with Gasteiger partial charge in [0.05, 0.1) is 13.7 Å². The summed E-state index contributed by atoms with van der Waals surface area (Å²) in [7, 11) is 1.60. The Bertz CT molecular complexity index is 560. The number of ether oxygens (including phenoxy) is 2. The Morgan fingerprint density at radius 2 is 2.00 bits per heavy atom. The molecule has 0 aliphatic carbocycles. The molecule has 0 saturated heterocycles. The first-order valence-corrected chi connectivity index (χ1v) is 6.36. The minimum atomic E-state index is 0.130. The van der Waals surface area contributed by atoms with E-state index in [0.717, 1.165) is 0 Å². The third-order valence-corrected chi connectivity index (χ3v) is 2.64. The summed E-state index contributed by atoms with van der Waals surface area (Å²) in [4.78, 5) is 7.78. The van der Waals surface area contributed by atoms with Crippen LogP contribution < -0.4 is 20.5 Å². The molecule has 0 bridgehead atoms. The fourth-order valence-electron chi connectivity index (χ4n) is 1.60. The lowest BCUT2D eigenvalue weighted by atomic mass is 10.3. The molecule has 0 saturated carbocycles. The summed E-state index contributed by atoms with van der Waals surface area (Å²) in [6.07, 6.45) is 0. The normalized spacial score (nSPS) is 10.1. The second-order valence-electron chi connectivity index (χ2n) is 3.86. The van der Waals surface area contributed by atoms with Gasteiger partial charge in [-0.3, -0.25) is 0 Å². The van der Waals surface area contributed by atoms with Crippen LogP contribution in [0.2, 0.25) is 5.15 Å². The average Bonchev–Trinajstić information content (AvgIpc) is 2.43. The quantitative estimate of drug-likeness (QED) is 0.628. The average molecular weight is 295 g/mol. The van der Waals surface area contributed by atoms with Gasteiger partial charge in [-0.1, -0.05) is 23.7 Å². The summed E-state index contributed by atoms with van der Waals surface area (Å²) in [5, 5.41) is 3.35. The van der Waals surface area contributed by atoms with Gasteiger partial charge in [-0.25, -0.2) is 4.98 Å². The number of rotatable bonds is 6. The van der Waals surface area contributed by atoms with Gasteiger partial charge in [-0.2, -0.15) is 4.98 Å². The molecule has 7 heteroatoms. The highest BCUT2D eigenvalue weighted by Crippen LogP contribution is 2.25. The van der Waals surface area contributed by atoms with Crippen LogP contribution >= 0.6 is 11.6 Å². The zero-order chi connectivity index (χ0) is 14.4. The van der Waals surface area contributed by atoms with Crippen molar-refractivity contribution in [2.24, 2.45) is 0 Å². The minimum absolute atomic E-state index is 0.130. The molecule has 0 spiro atoms. The molecule has 1 heterocycles. The van der Waals surface area contributed by atoms with Crippen LogP contribution in [0.25, 0.3) is 0 Å². The van der Waals surface area contributed by atoms with E-state index in [4.69, 9.17) is 26.8 Å². The van der Waals surface area contributed by atoms with Gasteiger partial charge < -0.3 is 20.5 Å². The molecule has 2 rings (SSSR count). The molecule has 0 unspecified atom stereocenters. The van der Waals surface area contributed by atoms with Crippen LogP contribution in [-0.2, 0) is 0 Å². The van der Waals surface area contributed by atoms with Crippen molar-refractivity contribution in [3.8, 4) is 11.5 Å². The molecule has 0 atom stereocenters. The first-order chi connectivity index (χ1) is 9.69. The van der Waals surface area contributed by atoms with Crippen molar-refractivity contribution >= 4 is 23.4 Å². The highest BCUT2D eigenvalue weighted by molar-refractivity contribution is 6.29. The van der Waals surface area contributed by atoms with E-state index in [9.17, 15) is 0 Å². The molecule has 0 fully saturated rings. The molecule has 0 amide bonds. The van der Waals surface area contributed by atoms with E-state index in [1.165, 1.54) is 0 Å². The Hall–Kier alpha value is -2.21. The lowest BCUT2D eigenvalue weighted by Crippen LogP contribution is -2.13. The Morgan fingerprint density at radius 1 is 1.25 bits per heavy atom. The summed E-state index contributed by atoms with van der Waals surface area (Å²) in [6.45, 7) is 0.993. The number of hydrogen-bond acceptors (Lipinski definition) is 6. The summed E-state index contributed by atoms with van der Waals surface area (Å²) in [5.41, 5.74) is 5.50. The number of hydrogen-bond donors (Lipinski definition) is 2. The van der Waals surface area contributed by atoms with Gasteiger partial charge in [0.2, 0.25) is 5.95 Å². The fraction of sp³-hybridized carbons (Fsp3) is 0.231. The van der Waals surface area contributed by atoms with E-state index >= 15 is 0 Å². The van der Waals surface area contributed by atoms with Gasteiger partial charge in [0.1, 0.15) is 17.6 Å². The third-order valence-electron chi connectivity index (χ3n) is 2.45. The molecule has 20 heavy (non-hydrogen) atoms. The lowest BCUT2D eigenvalue weighted by molar-refractivity contribution is 0.306. The number of nitrogens with zero attached hydrogens (tertiary/aromatic N) is 2. The molecular formula is C13H15ClN4O2. The van der Waals surface area contributed by atoms with Crippen molar-refractivity contribution in [3.63, 3.8) is 0 Å². The van der Waals surface area contributed by atoms with Crippen LogP contribution in [0.15, 0.2) is 30.3 Å². The number of nitrogen functional groups attached to an aromatic ring is 1. The SMILES string of the molecule is COc1ccccc1OCCNc1cc(Cl)nc(N)n1. The molecule has 2 aromatic rings. The molecule has 0 radical (unpaired) electrons. The second-order valence-corrected chi connectivity index (χ2v) is 4.25. The van der Waals surface area contributed by atoms with Crippen LogP contribution in [0.3, 0.4) is 0 Å². The number of nitrogens with one attached hydrogen (secondary N) is 1. The van der Waals surface area contributed by atoms with Gasteiger partial charge in [0.15, 0.2) is 11.5 Å². The van der Waals surface area contributed by atoms with Crippen molar-refractivity contribution in [2.75, 3.05) is 31.3 Å². The van der Waals surface area contributed by atoms with Crippen molar-refractivity contribution in [1.82, 2.24) is 9.97 Å². The van der Waals surface area contributed by atoms with Gasteiger partial charge in [-0.15, -0.1) is 0 Å². The molecule has 0 aliphatic heterocycles. The molecule has 0 aliphatic rings. The van der Waals surface area contributed by atoms with E-state index in [0.29, 0.717) is 35.6 Å². The highest BCUT2D eigenvalue weighted by atomic mass is 35.5. The van der Waals surface area contributed by atoms with Crippen molar-refractivity contribution in [2.45, 2.75) is 0 Å². The first-order valence-electron chi connectivity index (χ1n) is 5.99. The zero-order valence-electron chi connectivity index (χ0n) is 11.0. The van der Waals surface area contributed by atoms with E-state index in [-0.39, 0.29) is 5.95 Å². The first kappa shape index (κ1) is 14.2. The monoisotopic (exact) mass is 294 g/mol. The van der Waals surface area contributed by atoms with E-state index in [1.54, 1.807) is 13.2 Å². The predicted molar refractivity (Wildman–Crippen MR) is 78.4 cm³/mol. The van der Waals surface area contributed by atoms with E-state index in [1.807, 2.05) is 24.3 Å². The largest absolute Gasteiger partial charge is 0.493 e. The molecule has 3 N–H and O–H groups in total. The van der Waals surface area contributed by atoms with Crippen LogP contribution in [0, 0.1) is 0 Å². The summed E-state index contributed by atoms with van der Waals surface area (Å²) in [6, 6.07) is 9.05. The van der Waals surface area contributed by atoms with Gasteiger partial charge >= 0.3 is 0 Å². The number of anilines is 2. The van der Waals surface area contributed by atoms with Crippen LogP contribution in [0.5, 0.6) is 11.5 Å². The molecule has 106 valence electrons. The van der Waals surface area contributed by atoms with Gasteiger partial charge in [0.25, 0.3) is 0 Å². The summed E-state index contributed by atoms with van der Waals surface area (Å²) in [5.74, 6) is 2.08. The number of benzene rings is 1. The maximum atomic E-state index is 5.78. The number of nitrogens with two attached hydrogens (primary N) is 1. The number of aromatic nitrogens is 2. The molecular weight excluding hydrogens is 280 g/mol. The van der Waals surface area contributed by atoms with Crippen molar-refractivity contribution < 1.29 is 9.47 Å². The second kappa shape index (κ2) is 6.81. The lowest BCUT2D eigenvalue weighted by Gasteiger charge is -2.11. The number of methoxy groups -OCH3 is 1. The molecule has 1 aromatic carbocycles. The minimum Gasteiger partial charge on any atom is -0.493 e. The molecule has 1 aromatic heterocycles. The maximum absolute atomic E-state index is 5.78. The Morgan fingerprint density at radius 3 is 2.70 bits per heavy atom.